The molecule has 8 nitrogen and oxygen atoms in total. The molecule has 0 aromatic carbocycles. The average Bonchev–Trinajstić information content (AvgIpc) is 2.47. The molecule has 0 radical (unpaired) electrons. The van der Waals surface area contributed by atoms with E-state index >= 15 is 0 Å². The van der Waals surface area contributed by atoms with Gasteiger partial charge >= 0.3 is 11.4 Å². The van der Waals surface area contributed by atoms with Crippen molar-refractivity contribution in [2.24, 2.45) is 13.0 Å². The van der Waals surface area contributed by atoms with Crippen LogP contribution in [0.5, 0.6) is 0 Å². The highest BCUT2D eigenvalue weighted by Crippen LogP contribution is 2.32. The summed E-state index contributed by atoms with van der Waals surface area (Å²) in [6.07, 6.45) is 3.55. The van der Waals surface area contributed by atoms with Crippen LogP contribution in [0.25, 0.3) is 0 Å². The Balaban J connectivity index is 2.40. The minimum absolute atomic E-state index is 0.0125. The number of hydrogen-bond acceptors (Lipinski definition) is 6. The Labute approximate surface area is 125 Å². The number of aliphatic hydroxyl groups excluding tert-OH is 1. The number of hydrogen-bond donors (Lipinski definition) is 2. The van der Waals surface area contributed by atoms with Gasteiger partial charge in [0.15, 0.2) is 5.69 Å². The van der Waals surface area contributed by atoms with Crippen LogP contribution in [0.1, 0.15) is 25.7 Å². The quantitative estimate of drug-likeness (QED) is 0.640. The van der Waals surface area contributed by atoms with Crippen LogP contribution in [0.2, 0.25) is 5.02 Å². The summed E-state index contributed by atoms with van der Waals surface area (Å²) in [6.45, 7) is -0.0125. The van der Waals surface area contributed by atoms with Gasteiger partial charge in [0.2, 0.25) is 0 Å². The van der Waals surface area contributed by atoms with Gasteiger partial charge in [0.05, 0.1) is 12.1 Å². The molecule has 116 valence electrons. The van der Waals surface area contributed by atoms with Crippen molar-refractivity contribution in [3.05, 3.63) is 25.5 Å². The first-order valence-electron chi connectivity index (χ1n) is 6.74. The lowest BCUT2D eigenvalue weighted by Gasteiger charge is -2.31. The third-order valence-electron chi connectivity index (χ3n) is 3.82. The van der Waals surface area contributed by atoms with Crippen molar-refractivity contribution in [1.82, 2.24) is 9.78 Å². The summed E-state index contributed by atoms with van der Waals surface area (Å²) in [5.41, 5.74) is -0.656. The van der Waals surface area contributed by atoms with Gasteiger partial charge in [-0.1, -0.05) is 24.4 Å². The molecule has 2 atom stereocenters. The molecular weight excluding hydrogens is 300 g/mol. The van der Waals surface area contributed by atoms with Gasteiger partial charge in [-0.05, 0) is 17.8 Å². The van der Waals surface area contributed by atoms with Crippen LogP contribution in [0.15, 0.2) is 4.79 Å². The summed E-state index contributed by atoms with van der Waals surface area (Å²) in [7, 11) is 1.31. The first kappa shape index (κ1) is 15.7. The molecule has 0 bridgehead atoms. The number of nitro groups is 1. The molecule has 1 aromatic rings. The molecular formula is C12H17ClN4O4. The van der Waals surface area contributed by atoms with E-state index in [9.17, 15) is 20.0 Å². The SMILES string of the molecule is Cn1nc([N+](=O)[O-])c(N[C@H]2CCCC[C@@H]2CO)c(Cl)c1=O. The Morgan fingerprint density at radius 3 is 2.81 bits per heavy atom. The molecule has 1 saturated carbocycles. The lowest BCUT2D eigenvalue weighted by atomic mass is 9.85. The van der Waals surface area contributed by atoms with Gasteiger partial charge in [0.1, 0.15) is 5.02 Å². The topological polar surface area (TPSA) is 110 Å². The Morgan fingerprint density at radius 2 is 2.19 bits per heavy atom. The van der Waals surface area contributed by atoms with E-state index in [1.807, 2.05) is 0 Å². The highest BCUT2D eigenvalue weighted by atomic mass is 35.5. The fourth-order valence-corrected chi connectivity index (χ4v) is 2.90. The maximum Gasteiger partial charge on any atom is 0.413 e. The molecule has 9 heteroatoms. The second kappa shape index (κ2) is 6.40. The Hall–Kier alpha value is -1.67. The van der Waals surface area contributed by atoms with Crippen molar-refractivity contribution >= 4 is 23.1 Å². The van der Waals surface area contributed by atoms with Crippen molar-refractivity contribution in [3.8, 4) is 0 Å². The van der Waals surface area contributed by atoms with E-state index in [1.165, 1.54) is 7.05 Å². The van der Waals surface area contributed by atoms with Crippen molar-refractivity contribution in [1.29, 1.82) is 0 Å². The second-order valence-electron chi connectivity index (χ2n) is 5.18. The van der Waals surface area contributed by atoms with Gasteiger partial charge in [-0.3, -0.25) is 4.79 Å². The van der Waals surface area contributed by atoms with Gasteiger partial charge in [0, 0.05) is 18.6 Å². The van der Waals surface area contributed by atoms with Crippen molar-refractivity contribution in [2.75, 3.05) is 11.9 Å². The molecule has 2 rings (SSSR count). The first-order valence-corrected chi connectivity index (χ1v) is 7.12. The fraction of sp³-hybridized carbons (Fsp3) is 0.667. The Kier molecular flexibility index (Phi) is 4.79. The monoisotopic (exact) mass is 316 g/mol. The van der Waals surface area contributed by atoms with Crippen LogP contribution in [0, 0.1) is 16.0 Å². The van der Waals surface area contributed by atoms with Gasteiger partial charge in [-0.2, -0.15) is 0 Å². The third-order valence-corrected chi connectivity index (χ3v) is 4.17. The maximum absolute atomic E-state index is 11.8. The zero-order valence-corrected chi connectivity index (χ0v) is 12.3. The average molecular weight is 317 g/mol. The summed E-state index contributed by atoms with van der Waals surface area (Å²) in [6, 6.07) is -0.158. The Morgan fingerprint density at radius 1 is 1.52 bits per heavy atom. The summed E-state index contributed by atoms with van der Waals surface area (Å²) in [5.74, 6) is -0.497. The van der Waals surface area contributed by atoms with E-state index in [1.54, 1.807) is 0 Å². The summed E-state index contributed by atoms with van der Waals surface area (Å²) in [5, 5.41) is 26.9. The van der Waals surface area contributed by atoms with E-state index in [-0.39, 0.29) is 29.3 Å². The van der Waals surface area contributed by atoms with Gasteiger partial charge in [-0.25, -0.2) is 0 Å². The van der Waals surface area contributed by atoms with Gasteiger partial charge < -0.3 is 20.5 Å². The van der Waals surface area contributed by atoms with Crippen molar-refractivity contribution in [3.63, 3.8) is 0 Å². The van der Waals surface area contributed by atoms with Gasteiger partial charge in [0.25, 0.3) is 0 Å². The molecule has 0 saturated heterocycles. The van der Waals surface area contributed by atoms with Gasteiger partial charge in [-0.15, -0.1) is 4.68 Å². The maximum atomic E-state index is 11.8. The number of rotatable bonds is 4. The van der Waals surface area contributed by atoms with E-state index in [0.717, 1.165) is 30.4 Å². The normalized spacial score (nSPS) is 22.0. The van der Waals surface area contributed by atoms with E-state index in [2.05, 4.69) is 10.4 Å². The number of aromatic nitrogens is 2. The molecule has 1 aromatic heterocycles. The van der Waals surface area contributed by atoms with E-state index < -0.39 is 16.3 Å². The molecule has 1 fully saturated rings. The van der Waals surface area contributed by atoms with E-state index in [4.69, 9.17) is 11.6 Å². The molecule has 21 heavy (non-hydrogen) atoms. The number of aryl methyl sites for hydroxylation is 1. The lowest BCUT2D eigenvalue weighted by molar-refractivity contribution is -0.389. The minimum atomic E-state index is -0.676. The van der Waals surface area contributed by atoms with Crippen molar-refractivity contribution in [2.45, 2.75) is 31.7 Å². The fourth-order valence-electron chi connectivity index (χ4n) is 2.64. The summed E-state index contributed by atoms with van der Waals surface area (Å²) < 4.78 is 0.843. The Bertz CT molecular complexity index is 604. The van der Waals surface area contributed by atoms with Crippen LogP contribution >= 0.6 is 11.6 Å². The second-order valence-corrected chi connectivity index (χ2v) is 5.55. The summed E-state index contributed by atoms with van der Waals surface area (Å²) >= 11 is 5.96. The molecule has 2 N–H and O–H groups in total. The third kappa shape index (κ3) is 3.16. The zero-order valence-electron chi connectivity index (χ0n) is 11.6. The predicted octanol–water partition coefficient (Wildman–Crippen LogP) is 1.30. The summed E-state index contributed by atoms with van der Waals surface area (Å²) in [4.78, 5) is 22.2. The predicted molar refractivity (Wildman–Crippen MR) is 77.6 cm³/mol. The highest BCUT2D eigenvalue weighted by Gasteiger charge is 2.30. The van der Waals surface area contributed by atoms with Crippen LogP contribution in [-0.4, -0.2) is 32.5 Å². The zero-order chi connectivity index (χ0) is 15.6. The minimum Gasteiger partial charge on any atom is -0.396 e. The van der Waals surface area contributed by atoms with Crippen LogP contribution in [0.3, 0.4) is 0 Å². The standard InChI is InChI=1S/C12H17ClN4O4/c1-16-12(19)9(13)10(11(15-16)17(20)21)14-8-5-3-2-4-7(8)6-18/h7-8,14,18H,2-6H2,1H3/t7-,8+/m1/s1. The highest BCUT2D eigenvalue weighted by molar-refractivity contribution is 6.33. The van der Waals surface area contributed by atoms with Crippen LogP contribution in [0.4, 0.5) is 11.5 Å². The smallest absolute Gasteiger partial charge is 0.396 e. The number of nitrogens with one attached hydrogen (secondary N) is 1. The van der Waals surface area contributed by atoms with Crippen LogP contribution in [-0.2, 0) is 7.05 Å². The molecule has 0 amide bonds. The molecule has 0 spiro atoms. The molecule has 0 unspecified atom stereocenters. The lowest BCUT2D eigenvalue weighted by Crippen LogP contribution is -2.35. The number of halogens is 1. The van der Waals surface area contributed by atoms with E-state index in [0.29, 0.717) is 0 Å². The molecule has 1 aliphatic carbocycles. The first-order chi connectivity index (χ1) is 9.95. The van der Waals surface area contributed by atoms with Crippen molar-refractivity contribution < 1.29 is 10.0 Å². The van der Waals surface area contributed by atoms with Crippen LogP contribution < -0.4 is 10.9 Å². The number of anilines is 1. The molecule has 1 aliphatic rings. The number of nitrogens with zero attached hydrogens (tertiary/aromatic N) is 3. The largest absolute Gasteiger partial charge is 0.413 e. The molecule has 0 aliphatic heterocycles. The number of aliphatic hydroxyl groups is 1. The molecule has 1 heterocycles.